The van der Waals surface area contributed by atoms with Gasteiger partial charge in [-0.1, -0.05) is 0 Å². The molecule has 1 N–H and O–H groups in total. The Balaban J connectivity index is 2.61. The topological polar surface area (TPSA) is 37.3 Å². The summed E-state index contributed by atoms with van der Waals surface area (Å²) >= 11 is -4.22. The molecule has 0 bridgehead atoms. The molecule has 0 atom stereocenters. The second kappa shape index (κ2) is 5.03. The van der Waals surface area contributed by atoms with Crippen LogP contribution in [0.1, 0.15) is 22.3 Å². The van der Waals surface area contributed by atoms with Gasteiger partial charge in [0.2, 0.25) is 0 Å². The summed E-state index contributed by atoms with van der Waals surface area (Å²) in [7, 11) is 0. The van der Waals surface area contributed by atoms with Gasteiger partial charge in [-0.3, -0.25) is 0 Å². The predicted octanol–water partition coefficient (Wildman–Crippen LogP) is 1.90. The van der Waals surface area contributed by atoms with E-state index < -0.39 is 13.8 Å². The summed E-state index contributed by atoms with van der Waals surface area (Å²) in [6.07, 6.45) is 0. The zero-order valence-electron chi connectivity index (χ0n) is 11.8. The number of rotatable bonds is 2. The Labute approximate surface area is 117 Å². The maximum atomic E-state index is 12.8. The van der Waals surface area contributed by atoms with E-state index >= 15 is 0 Å². The number of benzene rings is 2. The molecule has 0 aliphatic heterocycles. The Kier molecular flexibility index (Phi) is 3.75. The van der Waals surface area contributed by atoms with Gasteiger partial charge >= 0.3 is 117 Å². The van der Waals surface area contributed by atoms with E-state index in [-0.39, 0.29) is 0 Å². The summed E-state index contributed by atoms with van der Waals surface area (Å²) in [6.45, 7) is 7.81. The summed E-state index contributed by atoms with van der Waals surface area (Å²) in [5.74, 6) is 0. The Hall–Kier alpha value is -1.24. The van der Waals surface area contributed by atoms with Crippen molar-refractivity contribution >= 4 is 22.5 Å². The van der Waals surface area contributed by atoms with Crippen molar-refractivity contribution in [3.63, 3.8) is 0 Å². The second-order valence-electron chi connectivity index (χ2n) is 5.27. The molecule has 2 aromatic rings. The summed E-state index contributed by atoms with van der Waals surface area (Å²) < 4.78 is 24.6. The first-order valence-corrected chi connectivity index (χ1v) is 9.78. The molecule has 3 heteroatoms. The first-order valence-electron chi connectivity index (χ1n) is 6.29. The molecule has 0 spiro atoms. The van der Waals surface area contributed by atoms with Crippen LogP contribution in [0.15, 0.2) is 36.4 Å². The second-order valence-corrected chi connectivity index (χ2v) is 9.85. The van der Waals surface area contributed by atoms with Crippen LogP contribution in [0.25, 0.3) is 0 Å². The minimum absolute atomic E-state index is 0.570. The zero-order valence-corrected chi connectivity index (χ0v) is 13.6. The third kappa shape index (κ3) is 3.02. The standard InChI is InChI=1S/C16H19AsO2/c1-11-5-12(2)8-15(7-11)17(18,19)16-9-13(3)6-14(4)10-16/h5-10H,1-4H3,(H,18,19). The maximum absolute atomic E-state index is 12.8. The molecule has 0 heterocycles. The van der Waals surface area contributed by atoms with E-state index in [9.17, 15) is 7.84 Å². The number of hydrogen-bond acceptors (Lipinski definition) is 1. The van der Waals surface area contributed by atoms with Crippen molar-refractivity contribution in [1.82, 2.24) is 0 Å². The fraction of sp³-hybridized carbons (Fsp3) is 0.250. The van der Waals surface area contributed by atoms with Crippen molar-refractivity contribution in [2.75, 3.05) is 0 Å². The van der Waals surface area contributed by atoms with Gasteiger partial charge in [-0.2, -0.15) is 0 Å². The summed E-state index contributed by atoms with van der Waals surface area (Å²) in [4.78, 5) is 0. The van der Waals surface area contributed by atoms with Crippen LogP contribution in [0, 0.1) is 27.7 Å². The molecule has 0 fully saturated rings. The summed E-state index contributed by atoms with van der Waals surface area (Å²) in [5, 5.41) is 0. The zero-order chi connectivity index (χ0) is 14.2. The number of hydrogen-bond donors (Lipinski definition) is 1. The first kappa shape index (κ1) is 14.2. The van der Waals surface area contributed by atoms with Crippen molar-refractivity contribution in [2.45, 2.75) is 27.7 Å². The molecule has 100 valence electrons. The SMILES string of the molecule is Cc1cc(C)cc([As](=O)(O)c2cc(C)cc(C)c2)c1. The Morgan fingerprint density at radius 2 is 0.947 bits per heavy atom. The Morgan fingerprint density at radius 1 is 0.684 bits per heavy atom. The summed E-state index contributed by atoms with van der Waals surface area (Å²) in [5.41, 5.74) is 4.09. The fourth-order valence-corrected chi connectivity index (χ4v) is 6.20. The van der Waals surface area contributed by atoms with Crippen LogP contribution in [0.3, 0.4) is 0 Å². The van der Waals surface area contributed by atoms with Crippen molar-refractivity contribution < 1.29 is 7.84 Å². The van der Waals surface area contributed by atoms with Gasteiger partial charge in [0.1, 0.15) is 0 Å². The molecule has 0 aliphatic carbocycles. The van der Waals surface area contributed by atoms with Gasteiger partial charge in [-0.05, 0) is 0 Å². The molecule has 2 rings (SSSR count). The van der Waals surface area contributed by atoms with Gasteiger partial charge in [-0.15, -0.1) is 0 Å². The van der Waals surface area contributed by atoms with Crippen LogP contribution in [-0.4, -0.2) is 17.9 Å². The quantitative estimate of drug-likeness (QED) is 0.859. The molecular formula is C16H19AsO2. The van der Waals surface area contributed by atoms with Crippen molar-refractivity contribution in [1.29, 1.82) is 0 Å². The number of aryl methyl sites for hydroxylation is 4. The van der Waals surface area contributed by atoms with Gasteiger partial charge in [0.25, 0.3) is 0 Å². The van der Waals surface area contributed by atoms with Crippen LogP contribution < -0.4 is 8.70 Å². The molecule has 2 nitrogen and oxygen atoms in total. The average Bonchev–Trinajstić information content (AvgIpc) is 2.26. The van der Waals surface area contributed by atoms with E-state index in [2.05, 4.69) is 0 Å². The molecule has 0 amide bonds. The van der Waals surface area contributed by atoms with Crippen molar-refractivity contribution in [3.05, 3.63) is 58.7 Å². The monoisotopic (exact) mass is 318 g/mol. The fourth-order valence-electron chi connectivity index (χ4n) is 2.40. The van der Waals surface area contributed by atoms with Gasteiger partial charge in [-0.25, -0.2) is 0 Å². The third-order valence-corrected chi connectivity index (χ3v) is 7.13. The van der Waals surface area contributed by atoms with Gasteiger partial charge < -0.3 is 0 Å². The molecule has 0 aromatic heterocycles. The minimum atomic E-state index is -4.22. The van der Waals surface area contributed by atoms with E-state index in [1.165, 1.54) is 0 Å². The van der Waals surface area contributed by atoms with E-state index in [0.29, 0.717) is 8.70 Å². The van der Waals surface area contributed by atoms with Crippen LogP contribution in [0.2, 0.25) is 0 Å². The molecular weight excluding hydrogens is 299 g/mol. The molecule has 0 unspecified atom stereocenters. The molecule has 0 saturated heterocycles. The average molecular weight is 318 g/mol. The van der Waals surface area contributed by atoms with Gasteiger partial charge in [0, 0.05) is 0 Å². The van der Waals surface area contributed by atoms with E-state index in [0.717, 1.165) is 22.3 Å². The first-order chi connectivity index (χ1) is 8.79. The van der Waals surface area contributed by atoms with E-state index in [4.69, 9.17) is 0 Å². The third-order valence-electron chi connectivity index (χ3n) is 3.11. The molecule has 19 heavy (non-hydrogen) atoms. The van der Waals surface area contributed by atoms with Crippen molar-refractivity contribution in [3.8, 4) is 0 Å². The molecule has 0 aliphatic rings. The van der Waals surface area contributed by atoms with Crippen LogP contribution in [0.4, 0.5) is 0 Å². The van der Waals surface area contributed by atoms with Crippen molar-refractivity contribution in [2.24, 2.45) is 0 Å². The normalized spacial score (nSPS) is 11.6. The van der Waals surface area contributed by atoms with Crippen LogP contribution >= 0.6 is 0 Å². The molecule has 2 aromatic carbocycles. The molecule has 0 radical (unpaired) electrons. The molecule has 0 saturated carbocycles. The van der Waals surface area contributed by atoms with Gasteiger partial charge in [0.15, 0.2) is 0 Å². The predicted molar refractivity (Wildman–Crippen MR) is 79.8 cm³/mol. The van der Waals surface area contributed by atoms with Crippen LogP contribution in [0.5, 0.6) is 0 Å². The van der Waals surface area contributed by atoms with E-state index in [1.807, 2.05) is 64.1 Å². The Morgan fingerprint density at radius 3 is 1.21 bits per heavy atom. The van der Waals surface area contributed by atoms with Crippen LogP contribution in [-0.2, 0) is 3.74 Å². The van der Waals surface area contributed by atoms with E-state index in [1.54, 1.807) is 0 Å². The Bertz CT molecular complexity index is 578. The summed E-state index contributed by atoms with van der Waals surface area (Å²) in [6, 6.07) is 11.3. The van der Waals surface area contributed by atoms with Gasteiger partial charge in [0.05, 0.1) is 0 Å².